The van der Waals surface area contributed by atoms with Crippen LogP contribution < -0.4 is 4.72 Å². The van der Waals surface area contributed by atoms with Gasteiger partial charge in [-0.25, -0.2) is 18.1 Å². The molecule has 4 rings (SSSR count). The number of aryl methyl sites for hydroxylation is 1. The van der Waals surface area contributed by atoms with Gasteiger partial charge in [0, 0.05) is 19.6 Å². The number of nitrogens with zero attached hydrogens (tertiary/aromatic N) is 2. The van der Waals surface area contributed by atoms with Gasteiger partial charge in [0.25, 0.3) is 0 Å². The summed E-state index contributed by atoms with van der Waals surface area (Å²) in [5.74, 6) is 0.544. The monoisotopic (exact) mass is 475 g/mol. The lowest BCUT2D eigenvalue weighted by Crippen LogP contribution is -2.44. The summed E-state index contributed by atoms with van der Waals surface area (Å²) in [4.78, 5) is 19.4. The molecule has 2 aromatic carbocycles. The molecule has 1 aliphatic heterocycles. The highest BCUT2D eigenvalue weighted by Crippen LogP contribution is 2.29. The fourth-order valence-electron chi connectivity index (χ4n) is 3.61. The first-order chi connectivity index (χ1) is 14.9. The standard InChI is InChI=1S/C22H25N3O3S3/c1-16-8-10-18(11-9-16)31(27,28)23-13-17-5-4-12-25(14-17)21(26)15-29-22-24-19-6-2-3-7-20(19)30-22/h2-3,6-11,17,23H,4-5,12-15H2,1H3/t17-/m1/s1. The van der Waals surface area contributed by atoms with Crippen LogP contribution in [-0.4, -0.2) is 49.6 Å². The second-order valence-electron chi connectivity index (χ2n) is 7.75. The van der Waals surface area contributed by atoms with Crippen LogP contribution in [-0.2, 0) is 14.8 Å². The second-order valence-corrected chi connectivity index (χ2v) is 11.8. The summed E-state index contributed by atoms with van der Waals surface area (Å²) in [6.45, 7) is 3.56. The molecule has 1 aromatic heterocycles. The van der Waals surface area contributed by atoms with E-state index in [0.717, 1.165) is 39.5 Å². The maximum atomic E-state index is 12.7. The molecule has 2 heterocycles. The molecule has 1 fully saturated rings. The van der Waals surface area contributed by atoms with E-state index in [1.165, 1.54) is 11.8 Å². The zero-order valence-corrected chi connectivity index (χ0v) is 19.7. The molecule has 3 aromatic rings. The zero-order chi connectivity index (χ0) is 21.8. The summed E-state index contributed by atoms with van der Waals surface area (Å²) in [6, 6.07) is 14.8. The van der Waals surface area contributed by atoms with Crippen LogP contribution in [0.2, 0.25) is 0 Å². The van der Waals surface area contributed by atoms with Crippen molar-refractivity contribution < 1.29 is 13.2 Å². The SMILES string of the molecule is Cc1ccc(S(=O)(=O)NC[C@H]2CCCN(C(=O)CSc3nc4ccccc4s3)C2)cc1. The number of likely N-dealkylation sites (tertiary alicyclic amines) is 1. The van der Waals surface area contributed by atoms with E-state index in [0.29, 0.717) is 18.8 Å². The Morgan fingerprint density at radius 1 is 1.23 bits per heavy atom. The Kier molecular flexibility index (Phi) is 6.95. The number of amides is 1. The number of hydrogen-bond donors (Lipinski definition) is 1. The number of rotatable bonds is 7. The van der Waals surface area contributed by atoms with Gasteiger partial charge < -0.3 is 4.90 Å². The Morgan fingerprint density at radius 2 is 2.00 bits per heavy atom. The van der Waals surface area contributed by atoms with Gasteiger partial charge >= 0.3 is 0 Å². The number of aromatic nitrogens is 1. The molecular weight excluding hydrogens is 450 g/mol. The lowest BCUT2D eigenvalue weighted by atomic mass is 9.98. The number of thioether (sulfide) groups is 1. The van der Waals surface area contributed by atoms with E-state index in [9.17, 15) is 13.2 Å². The summed E-state index contributed by atoms with van der Waals surface area (Å²) in [7, 11) is -3.54. The molecule has 164 valence electrons. The molecule has 9 heteroatoms. The summed E-state index contributed by atoms with van der Waals surface area (Å²) in [5, 5.41) is 0. The molecule has 0 saturated carbocycles. The predicted molar refractivity (Wildman–Crippen MR) is 126 cm³/mol. The zero-order valence-electron chi connectivity index (χ0n) is 17.3. The molecule has 0 unspecified atom stereocenters. The molecule has 1 saturated heterocycles. The maximum absolute atomic E-state index is 12.7. The van der Waals surface area contributed by atoms with E-state index in [-0.39, 0.29) is 16.7 Å². The largest absolute Gasteiger partial charge is 0.342 e. The van der Waals surface area contributed by atoms with Gasteiger partial charge in [-0.3, -0.25) is 4.79 Å². The normalized spacial score (nSPS) is 17.2. The number of carbonyl (C=O) groups is 1. The molecule has 0 spiro atoms. The van der Waals surface area contributed by atoms with Crippen molar-refractivity contribution in [3.05, 3.63) is 54.1 Å². The number of benzene rings is 2. The highest BCUT2D eigenvalue weighted by molar-refractivity contribution is 8.01. The van der Waals surface area contributed by atoms with Crippen molar-refractivity contribution in [1.29, 1.82) is 0 Å². The third-order valence-corrected chi connectivity index (χ3v) is 8.96. The van der Waals surface area contributed by atoms with Gasteiger partial charge in [0.1, 0.15) is 0 Å². The van der Waals surface area contributed by atoms with Gasteiger partial charge in [0.15, 0.2) is 4.34 Å². The quantitative estimate of drug-likeness (QED) is 0.524. The third-order valence-electron chi connectivity index (χ3n) is 5.36. The highest BCUT2D eigenvalue weighted by Gasteiger charge is 2.25. The van der Waals surface area contributed by atoms with Crippen molar-refractivity contribution in [1.82, 2.24) is 14.6 Å². The Hall–Kier alpha value is -1.94. The van der Waals surface area contributed by atoms with Gasteiger partial charge in [-0.1, -0.05) is 41.6 Å². The van der Waals surface area contributed by atoms with E-state index >= 15 is 0 Å². The molecular formula is C22H25N3O3S3. The van der Waals surface area contributed by atoms with Crippen LogP contribution in [0.3, 0.4) is 0 Å². The van der Waals surface area contributed by atoms with Crippen LogP contribution in [0.4, 0.5) is 0 Å². The lowest BCUT2D eigenvalue weighted by Gasteiger charge is -2.32. The molecule has 0 bridgehead atoms. The Bertz CT molecular complexity index is 1130. The minimum atomic E-state index is -3.54. The van der Waals surface area contributed by atoms with E-state index in [2.05, 4.69) is 9.71 Å². The summed E-state index contributed by atoms with van der Waals surface area (Å²) < 4.78 is 29.8. The van der Waals surface area contributed by atoms with E-state index in [1.54, 1.807) is 35.6 Å². The van der Waals surface area contributed by atoms with Crippen molar-refractivity contribution in [3.8, 4) is 0 Å². The summed E-state index contributed by atoms with van der Waals surface area (Å²) in [5.41, 5.74) is 1.98. The van der Waals surface area contributed by atoms with Gasteiger partial charge in [0.05, 0.1) is 20.9 Å². The van der Waals surface area contributed by atoms with Crippen LogP contribution >= 0.6 is 23.1 Å². The van der Waals surface area contributed by atoms with Crippen molar-refractivity contribution in [2.24, 2.45) is 5.92 Å². The first kappa shape index (κ1) is 22.3. The molecule has 0 aliphatic carbocycles. The fraction of sp³-hybridized carbons (Fsp3) is 0.364. The Morgan fingerprint density at radius 3 is 2.77 bits per heavy atom. The van der Waals surface area contributed by atoms with Gasteiger partial charge in [-0.2, -0.15) is 0 Å². The predicted octanol–water partition coefficient (Wildman–Crippen LogP) is 3.91. The van der Waals surface area contributed by atoms with E-state index in [1.807, 2.05) is 36.1 Å². The average molecular weight is 476 g/mol. The van der Waals surface area contributed by atoms with Crippen LogP contribution in [0.15, 0.2) is 57.8 Å². The van der Waals surface area contributed by atoms with Crippen LogP contribution in [0.1, 0.15) is 18.4 Å². The number of thiazole rings is 1. The summed E-state index contributed by atoms with van der Waals surface area (Å²) in [6.07, 6.45) is 1.79. The number of carbonyl (C=O) groups excluding carboxylic acids is 1. The fourth-order valence-corrected chi connectivity index (χ4v) is 6.70. The van der Waals surface area contributed by atoms with Crippen molar-refractivity contribution >= 4 is 49.2 Å². The van der Waals surface area contributed by atoms with Gasteiger partial charge in [-0.05, 0) is 49.9 Å². The molecule has 1 atom stereocenters. The highest BCUT2D eigenvalue weighted by atomic mass is 32.2. The molecule has 1 amide bonds. The Balaban J connectivity index is 1.29. The molecule has 1 N–H and O–H groups in total. The second kappa shape index (κ2) is 9.68. The van der Waals surface area contributed by atoms with Gasteiger partial charge in [0.2, 0.25) is 15.9 Å². The minimum Gasteiger partial charge on any atom is -0.342 e. The van der Waals surface area contributed by atoms with Crippen molar-refractivity contribution in [2.45, 2.75) is 29.0 Å². The van der Waals surface area contributed by atoms with E-state index in [4.69, 9.17) is 0 Å². The molecule has 1 aliphatic rings. The number of hydrogen-bond acceptors (Lipinski definition) is 6. The maximum Gasteiger partial charge on any atom is 0.240 e. The number of sulfonamides is 1. The molecule has 0 radical (unpaired) electrons. The van der Waals surface area contributed by atoms with Gasteiger partial charge in [-0.15, -0.1) is 11.3 Å². The average Bonchev–Trinajstić information content (AvgIpc) is 3.20. The lowest BCUT2D eigenvalue weighted by molar-refractivity contribution is -0.130. The van der Waals surface area contributed by atoms with Crippen LogP contribution in [0, 0.1) is 12.8 Å². The molecule has 6 nitrogen and oxygen atoms in total. The number of nitrogens with one attached hydrogen (secondary N) is 1. The minimum absolute atomic E-state index is 0.0790. The third kappa shape index (κ3) is 5.65. The van der Waals surface area contributed by atoms with Crippen LogP contribution in [0.5, 0.6) is 0 Å². The topological polar surface area (TPSA) is 79.4 Å². The molecule has 31 heavy (non-hydrogen) atoms. The van der Waals surface area contributed by atoms with Crippen LogP contribution in [0.25, 0.3) is 10.2 Å². The van der Waals surface area contributed by atoms with Crippen molar-refractivity contribution in [3.63, 3.8) is 0 Å². The number of fused-ring (bicyclic) bond motifs is 1. The number of piperidine rings is 1. The van der Waals surface area contributed by atoms with E-state index < -0.39 is 10.0 Å². The first-order valence-corrected chi connectivity index (χ1v) is 13.5. The number of para-hydroxylation sites is 1. The first-order valence-electron chi connectivity index (χ1n) is 10.2. The smallest absolute Gasteiger partial charge is 0.240 e. The Labute approximate surface area is 191 Å². The van der Waals surface area contributed by atoms with Crippen molar-refractivity contribution in [2.75, 3.05) is 25.4 Å². The summed E-state index contributed by atoms with van der Waals surface area (Å²) >= 11 is 3.07.